The number of ether oxygens (including phenoxy) is 1. The van der Waals surface area contributed by atoms with Crippen LogP contribution in [-0.4, -0.2) is 40.1 Å². The predicted octanol–water partition coefficient (Wildman–Crippen LogP) is 6.19. The van der Waals surface area contributed by atoms with E-state index in [0.717, 1.165) is 44.7 Å². The molecule has 6 rings (SSSR count). The molecule has 2 aliphatic heterocycles. The zero-order chi connectivity index (χ0) is 33.6. The molecule has 3 aromatic carbocycles. The van der Waals surface area contributed by atoms with Gasteiger partial charge in [0, 0.05) is 15.8 Å². The fourth-order valence-electron chi connectivity index (χ4n) is 5.67. The summed E-state index contributed by atoms with van der Waals surface area (Å²) in [4.78, 5) is 67.4. The molecule has 0 spiro atoms. The van der Waals surface area contributed by atoms with Crippen molar-refractivity contribution in [1.82, 2.24) is 4.57 Å². The van der Waals surface area contributed by atoms with Crippen LogP contribution in [0.15, 0.2) is 82.6 Å². The fraction of sp³-hybridized carbons (Fsp3) is 0.219. The number of amides is 3. The number of para-hydroxylation sites is 1. The zero-order valence-electron chi connectivity index (χ0n) is 24.2. The molecule has 3 unspecified atom stereocenters. The molecular formula is C32H23ClF3N3O6S2. The number of carbonyl (C=O) groups excluding carboxylic acids is 4. The van der Waals surface area contributed by atoms with Crippen LogP contribution in [0.3, 0.4) is 0 Å². The Balaban J connectivity index is 1.36. The Labute approximate surface area is 278 Å². The normalized spacial score (nSPS) is 18.9. The summed E-state index contributed by atoms with van der Waals surface area (Å²) in [7, 11) is 0. The van der Waals surface area contributed by atoms with Crippen molar-refractivity contribution in [2.75, 3.05) is 16.8 Å². The lowest BCUT2D eigenvalue weighted by Gasteiger charge is -2.30. The molecule has 2 aliphatic rings. The maximum atomic E-state index is 14.1. The number of hydrogen-bond acceptors (Lipinski definition) is 8. The number of hydrogen-bond donors (Lipinski definition) is 1. The molecule has 3 heterocycles. The quantitative estimate of drug-likeness (QED) is 0.181. The van der Waals surface area contributed by atoms with Crippen LogP contribution in [0.25, 0.3) is 0 Å². The Bertz CT molecular complexity index is 1960. The lowest BCUT2D eigenvalue weighted by molar-refractivity contribution is -0.137. The van der Waals surface area contributed by atoms with Crippen molar-refractivity contribution in [3.63, 3.8) is 0 Å². The first kappa shape index (κ1) is 32.5. The van der Waals surface area contributed by atoms with Crippen molar-refractivity contribution in [3.8, 4) is 0 Å². The van der Waals surface area contributed by atoms with Crippen molar-refractivity contribution in [2.24, 2.45) is 5.92 Å². The number of nitrogens with one attached hydrogen (secondary N) is 1. The molecule has 0 radical (unpaired) electrons. The third-order valence-electron chi connectivity index (χ3n) is 7.72. The Morgan fingerprint density at radius 2 is 1.64 bits per heavy atom. The van der Waals surface area contributed by atoms with Gasteiger partial charge in [-0.1, -0.05) is 59.0 Å². The molecule has 0 bridgehead atoms. The molecule has 4 aromatic rings. The Hall–Kier alpha value is -4.40. The molecule has 242 valence electrons. The van der Waals surface area contributed by atoms with Gasteiger partial charge in [0.15, 0.2) is 0 Å². The van der Waals surface area contributed by atoms with Crippen molar-refractivity contribution < 1.29 is 37.1 Å². The van der Waals surface area contributed by atoms with E-state index in [4.69, 9.17) is 16.3 Å². The van der Waals surface area contributed by atoms with E-state index < -0.39 is 69.6 Å². The summed E-state index contributed by atoms with van der Waals surface area (Å²) in [6.45, 7) is 1.21. The molecule has 3 amide bonds. The van der Waals surface area contributed by atoms with Gasteiger partial charge < -0.3 is 10.1 Å². The molecule has 1 saturated heterocycles. The van der Waals surface area contributed by atoms with Crippen LogP contribution < -0.4 is 15.1 Å². The van der Waals surface area contributed by atoms with Gasteiger partial charge in [0.1, 0.15) is 11.8 Å². The Kier molecular flexibility index (Phi) is 8.76. The average molecular weight is 702 g/mol. The first-order valence-electron chi connectivity index (χ1n) is 14.2. The van der Waals surface area contributed by atoms with Gasteiger partial charge >= 0.3 is 17.0 Å². The molecule has 15 heteroatoms. The molecule has 0 aliphatic carbocycles. The third-order valence-corrected chi connectivity index (χ3v) is 10.6. The van der Waals surface area contributed by atoms with Crippen LogP contribution in [0.1, 0.15) is 39.2 Å². The van der Waals surface area contributed by atoms with Crippen molar-refractivity contribution >= 4 is 69.8 Å². The number of benzene rings is 3. The summed E-state index contributed by atoms with van der Waals surface area (Å²) in [6, 6.07) is 16.9. The zero-order valence-corrected chi connectivity index (χ0v) is 26.6. The summed E-state index contributed by atoms with van der Waals surface area (Å²) in [6.07, 6.45) is -4.72. The SMILES string of the molecule is CCOC(=O)c1ccc(N2C(=O)C3Sc4c(sc(=O)n4CC(=O)Nc4ccccc4C(F)(F)F)C(c4ccc(Cl)cc4)C3C2=O)cc1. The first-order valence-corrected chi connectivity index (χ1v) is 16.2. The predicted molar refractivity (Wildman–Crippen MR) is 170 cm³/mol. The largest absolute Gasteiger partial charge is 0.462 e. The molecule has 3 atom stereocenters. The number of fused-ring (bicyclic) bond motifs is 2. The number of thiazole rings is 1. The second-order valence-electron chi connectivity index (χ2n) is 10.6. The minimum Gasteiger partial charge on any atom is -0.462 e. The highest BCUT2D eigenvalue weighted by Crippen LogP contribution is 2.54. The van der Waals surface area contributed by atoms with Gasteiger partial charge in [-0.15, -0.1) is 0 Å². The van der Waals surface area contributed by atoms with Crippen LogP contribution >= 0.6 is 34.7 Å². The van der Waals surface area contributed by atoms with E-state index in [2.05, 4.69) is 5.32 Å². The molecule has 1 fully saturated rings. The minimum atomic E-state index is -4.72. The number of nitrogens with zero attached hydrogens (tertiary/aromatic N) is 2. The van der Waals surface area contributed by atoms with E-state index in [0.29, 0.717) is 15.5 Å². The molecule has 1 N–H and O–H groups in total. The number of halogens is 4. The topological polar surface area (TPSA) is 115 Å². The van der Waals surface area contributed by atoms with Gasteiger partial charge in [0.05, 0.1) is 40.1 Å². The van der Waals surface area contributed by atoms with Gasteiger partial charge in [-0.3, -0.25) is 23.7 Å². The van der Waals surface area contributed by atoms with E-state index >= 15 is 0 Å². The second-order valence-corrected chi connectivity index (χ2v) is 13.1. The van der Waals surface area contributed by atoms with Crippen LogP contribution in [0.5, 0.6) is 0 Å². The van der Waals surface area contributed by atoms with Crippen LogP contribution in [0.2, 0.25) is 5.02 Å². The lowest BCUT2D eigenvalue weighted by Crippen LogP contribution is -2.33. The molecule has 0 saturated carbocycles. The molecular weight excluding hydrogens is 679 g/mol. The lowest BCUT2D eigenvalue weighted by atomic mass is 9.83. The van der Waals surface area contributed by atoms with Gasteiger partial charge in [-0.2, -0.15) is 13.2 Å². The summed E-state index contributed by atoms with van der Waals surface area (Å²) >= 11 is 7.89. The summed E-state index contributed by atoms with van der Waals surface area (Å²) in [5.41, 5.74) is -0.429. The van der Waals surface area contributed by atoms with E-state index in [-0.39, 0.29) is 22.9 Å². The monoisotopic (exact) mass is 701 g/mol. The van der Waals surface area contributed by atoms with Gasteiger partial charge in [0.2, 0.25) is 17.7 Å². The third kappa shape index (κ3) is 6.08. The van der Waals surface area contributed by atoms with Gasteiger partial charge in [-0.25, -0.2) is 9.69 Å². The highest BCUT2D eigenvalue weighted by molar-refractivity contribution is 8.00. The maximum absolute atomic E-state index is 14.1. The first-order chi connectivity index (χ1) is 22.4. The molecule has 47 heavy (non-hydrogen) atoms. The summed E-state index contributed by atoms with van der Waals surface area (Å²) in [5, 5.41) is 1.93. The Morgan fingerprint density at radius 3 is 2.30 bits per heavy atom. The van der Waals surface area contributed by atoms with E-state index in [9.17, 15) is 37.1 Å². The number of rotatable bonds is 7. The highest BCUT2D eigenvalue weighted by atomic mass is 35.5. The summed E-state index contributed by atoms with van der Waals surface area (Å²) < 4.78 is 46.7. The standard InChI is InChI=1S/C32H23ClF3N3O6S2/c1-2-45-30(43)17-9-13-19(14-10-17)39-27(41)24-23(16-7-11-18(33)12-8-16)26-29(46-25(24)28(39)42)38(31(44)47-26)15-22(40)37-21-6-4-3-5-20(21)32(34,35)36/h3-14,23-25H,2,15H2,1H3,(H,37,40). The number of aromatic nitrogens is 1. The Morgan fingerprint density at radius 1 is 0.957 bits per heavy atom. The van der Waals surface area contributed by atoms with E-state index in [1.807, 2.05) is 0 Å². The van der Waals surface area contributed by atoms with E-state index in [1.165, 1.54) is 36.4 Å². The fourth-order valence-corrected chi connectivity index (χ4v) is 8.57. The van der Waals surface area contributed by atoms with Crippen LogP contribution in [0.4, 0.5) is 24.5 Å². The number of carbonyl (C=O) groups is 4. The van der Waals surface area contributed by atoms with Crippen molar-refractivity contribution in [1.29, 1.82) is 0 Å². The van der Waals surface area contributed by atoms with Crippen LogP contribution in [-0.2, 0) is 31.8 Å². The molecule has 9 nitrogen and oxygen atoms in total. The number of anilines is 2. The average Bonchev–Trinajstić information content (AvgIpc) is 3.47. The highest BCUT2D eigenvalue weighted by Gasteiger charge is 2.56. The number of alkyl halides is 3. The van der Waals surface area contributed by atoms with Crippen LogP contribution in [0, 0.1) is 5.92 Å². The summed E-state index contributed by atoms with van der Waals surface area (Å²) in [5.74, 6) is -4.24. The van der Waals surface area contributed by atoms with Gasteiger partial charge in [-0.05, 0) is 61.0 Å². The van der Waals surface area contributed by atoms with Crippen molar-refractivity contribution in [3.05, 3.63) is 109 Å². The van der Waals surface area contributed by atoms with Gasteiger partial charge in [0.25, 0.3) is 0 Å². The van der Waals surface area contributed by atoms with E-state index in [1.54, 1.807) is 31.2 Å². The second kappa shape index (κ2) is 12.7. The smallest absolute Gasteiger partial charge is 0.418 e. The number of thioether (sulfide) groups is 1. The minimum absolute atomic E-state index is 0.175. The molecule has 1 aromatic heterocycles. The van der Waals surface area contributed by atoms with Crippen molar-refractivity contribution in [2.45, 2.75) is 35.8 Å². The number of esters is 1. The maximum Gasteiger partial charge on any atom is 0.418 e. The number of imide groups is 1.